The van der Waals surface area contributed by atoms with E-state index in [1.165, 1.54) is 18.4 Å². The topological polar surface area (TPSA) is 47.0 Å². The van der Waals surface area contributed by atoms with Crippen molar-refractivity contribution in [3.63, 3.8) is 0 Å². The van der Waals surface area contributed by atoms with Gasteiger partial charge < -0.3 is 10.1 Å². The predicted molar refractivity (Wildman–Crippen MR) is 76.0 cm³/mol. The van der Waals surface area contributed by atoms with Crippen molar-refractivity contribution in [3.05, 3.63) is 22.8 Å². The summed E-state index contributed by atoms with van der Waals surface area (Å²) < 4.78 is 6.05. The van der Waals surface area contributed by atoms with E-state index >= 15 is 0 Å². The number of hydrogen-bond donors (Lipinski definition) is 1. The molecule has 1 aromatic rings. The lowest BCUT2D eigenvalue weighted by atomic mass is 10.00. The fourth-order valence-electron chi connectivity index (χ4n) is 3.03. The highest BCUT2D eigenvalue weighted by Crippen LogP contribution is 2.40. The van der Waals surface area contributed by atoms with Crippen LogP contribution in [-0.2, 0) is 16.9 Å². The molecule has 0 saturated heterocycles. The summed E-state index contributed by atoms with van der Waals surface area (Å²) in [4.78, 5) is 9.50. The van der Waals surface area contributed by atoms with Gasteiger partial charge >= 0.3 is 0 Å². The molecule has 0 aromatic carbocycles. The van der Waals surface area contributed by atoms with Crippen LogP contribution in [0.15, 0.2) is 0 Å². The number of aryl methyl sites for hydroxylation is 2. The normalized spacial score (nSPS) is 17.9. The molecule has 0 unspecified atom stereocenters. The van der Waals surface area contributed by atoms with Gasteiger partial charge in [0.05, 0.1) is 0 Å². The first-order valence-corrected chi connectivity index (χ1v) is 7.26. The summed E-state index contributed by atoms with van der Waals surface area (Å²) in [6, 6.07) is 0. The fourth-order valence-corrected chi connectivity index (χ4v) is 3.03. The molecule has 1 aliphatic rings. The average molecular weight is 263 g/mol. The van der Waals surface area contributed by atoms with Gasteiger partial charge in [0.2, 0.25) is 0 Å². The highest BCUT2D eigenvalue weighted by Gasteiger charge is 2.39. The predicted octanol–water partition coefficient (Wildman–Crippen LogP) is 2.62. The monoisotopic (exact) mass is 263 g/mol. The molecule has 1 aromatic heterocycles. The molecule has 0 bridgehead atoms. The fraction of sp³-hybridized carbons (Fsp3) is 0.733. The van der Waals surface area contributed by atoms with Crippen molar-refractivity contribution < 1.29 is 4.74 Å². The van der Waals surface area contributed by atoms with Gasteiger partial charge in [-0.1, -0.05) is 0 Å². The molecule has 0 radical (unpaired) electrons. The standard InChI is InChI=1S/C15H25N3O/c1-5-19-15(8-6-7-9-15)14-17-11(2)13(10-16-4)12(3)18-14/h16H,5-10H2,1-4H3. The Balaban J connectivity index is 2.39. The van der Waals surface area contributed by atoms with Gasteiger partial charge in [-0.3, -0.25) is 0 Å². The summed E-state index contributed by atoms with van der Waals surface area (Å²) in [6.07, 6.45) is 4.51. The van der Waals surface area contributed by atoms with E-state index < -0.39 is 0 Å². The van der Waals surface area contributed by atoms with Crippen LogP contribution in [0, 0.1) is 13.8 Å². The minimum Gasteiger partial charge on any atom is -0.367 e. The molecule has 4 nitrogen and oxygen atoms in total. The first-order valence-electron chi connectivity index (χ1n) is 7.26. The summed E-state index contributed by atoms with van der Waals surface area (Å²) in [5, 5.41) is 3.18. The molecular formula is C15H25N3O. The van der Waals surface area contributed by atoms with Crippen LogP contribution in [0.25, 0.3) is 0 Å². The number of ether oxygens (including phenoxy) is 1. The zero-order chi connectivity index (χ0) is 13.9. The third-order valence-corrected chi connectivity index (χ3v) is 4.01. The van der Waals surface area contributed by atoms with Crippen molar-refractivity contribution in [1.82, 2.24) is 15.3 Å². The summed E-state index contributed by atoms with van der Waals surface area (Å²) in [6.45, 7) is 7.73. The van der Waals surface area contributed by atoms with E-state index in [-0.39, 0.29) is 5.60 Å². The molecule has 1 N–H and O–H groups in total. The second-order valence-corrected chi connectivity index (χ2v) is 5.36. The summed E-state index contributed by atoms with van der Waals surface area (Å²) in [7, 11) is 1.95. The minimum absolute atomic E-state index is 0.234. The van der Waals surface area contributed by atoms with Gasteiger partial charge in [0.15, 0.2) is 5.82 Å². The molecular weight excluding hydrogens is 238 g/mol. The third kappa shape index (κ3) is 2.79. The van der Waals surface area contributed by atoms with Crippen LogP contribution in [0.5, 0.6) is 0 Å². The van der Waals surface area contributed by atoms with Crippen molar-refractivity contribution in [1.29, 1.82) is 0 Å². The number of aromatic nitrogens is 2. The van der Waals surface area contributed by atoms with E-state index in [0.717, 1.165) is 43.2 Å². The molecule has 0 spiro atoms. The SMILES string of the molecule is CCOC1(c2nc(C)c(CNC)c(C)n2)CCCC1. The first kappa shape index (κ1) is 14.4. The van der Waals surface area contributed by atoms with Crippen molar-refractivity contribution in [2.75, 3.05) is 13.7 Å². The Kier molecular flexibility index (Phi) is 4.53. The van der Waals surface area contributed by atoms with Crippen LogP contribution in [0.4, 0.5) is 0 Å². The molecule has 0 aliphatic heterocycles. The van der Waals surface area contributed by atoms with Gasteiger partial charge in [0.25, 0.3) is 0 Å². The molecule has 4 heteroatoms. The summed E-state index contributed by atoms with van der Waals surface area (Å²) in [5.74, 6) is 0.890. The van der Waals surface area contributed by atoms with Gasteiger partial charge in [-0.25, -0.2) is 9.97 Å². The van der Waals surface area contributed by atoms with Crippen LogP contribution >= 0.6 is 0 Å². The zero-order valence-corrected chi connectivity index (χ0v) is 12.5. The molecule has 1 heterocycles. The maximum Gasteiger partial charge on any atom is 0.160 e. The Morgan fingerprint density at radius 3 is 2.21 bits per heavy atom. The van der Waals surface area contributed by atoms with Crippen LogP contribution in [-0.4, -0.2) is 23.6 Å². The van der Waals surface area contributed by atoms with Crippen molar-refractivity contribution in [3.8, 4) is 0 Å². The van der Waals surface area contributed by atoms with E-state index in [4.69, 9.17) is 14.7 Å². The number of hydrogen-bond acceptors (Lipinski definition) is 4. The van der Waals surface area contributed by atoms with Crippen LogP contribution < -0.4 is 5.32 Å². The second-order valence-electron chi connectivity index (χ2n) is 5.36. The van der Waals surface area contributed by atoms with Crippen molar-refractivity contribution in [2.45, 2.75) is 58.6 Å². The first-order chi connectivity index (χ1) is 9.13. The Hall–Kier alpha value is -1.00. The lowest BCUT2D eigenvalue weighted by Gasteiger charge is -2.28. The van der Waals surface area contributed by atoms with E-state index in [2.05, 4.69) is 26.1 Å². The maximum atomic E-state index is 6.05. The van der Waals surface area contributed by atoms with E-state index in [1.54, 1.807) is 0 Å². The smallest absolute Gasteiger partial charge is 0.160 e. The molecule has 1 saturated carbocycles. The average Bonchev–Trinajstić information content (AvgIpc) is 2.84. The molecule has 0 amide bonds. The van der Waals surface area contributed by atoms with E-state index in [1.807, 2.05) is 7.05 Å². The van der Waals surface area contributed by atoms with Gasteiger partial charge in [-0.2, -0.15) is 0 Å². The number of nitrogens with one attached hydrogen (secondary N) is 1. The highest BCUT2D eigenvalue weighted by atomic mass is 16.5. The quantitative estimate of drug-likeness (QED) is 0.887. The molecule has 0 atom stereocenters. The van der Waals surface area contributed by atoms with E-state index in [0.29, 0.717) is 0 Å². The van der Waals surface area contributed by atoms with Crippen LogP contribution in [0.2, 0.25) is 0 Å². The molecule has 1 aliphatic carbocycles. The number of rotatable bonds is 5. The van der Waals surface area contributed by atoms with Crippen molar-refractivity contribution in [2.24, 2.45) is 0 Å². The lowest BCUT2D eigenvalue weighted by molar-refractivity contribution is -0.0459. The van der Waals surface area contributed by atoms with Gasteiger partial charge in [-0.05, 0) is 53.5 Å². The molecule has 106 valence electrons. The van der Waals surface area contributed by atoms with Crippen molar-refractivity contribution >= 4 is 0 Å². The second kappa shape index (κ2) is 5.97. The zero-order valence-electron chi connectivity index (χ0n) is 12.5. The summed E-state index contributed by atoms with van der Waals surface area (Å²) >= 11 is 0. The Labute approximate surface area is 116 Å². The van der Waals surface area contributed by atoms with Gasteiger partial charge in [0, 0.05) is 30.1 Å². The highest BCUT2D eigenvalue weighted by molar-refractivity contribution is 5.26. The van der Waals surface area contributed by atoms with Gasteiger partial charge in [0.1, 0.15) is 5.60 Å². The molecule has 19 heavy (non-hydrogen) atoms. The maximum absolute atomic E-state index is 6.05. The third-order valence-electron chi connectivity index (χ3n) is 4.01. The van der Waals surface area contributed by atoms with Gasteiger partial charge in [-0.15, -0.1) is 0 Å². The molecule has 1 fully saturated rings. The van der Waals surface area contributed by atoms with Crippen LogP contribution in [0.3, 0.4) is 0 Å². The number of nitrogens with zero attached hydrogens (tertiary/aromatic N) is 2. The molecule has 2 rings (SSSR count). The Morgan fingerprint density at radius 1 is 1.16 bits per heavy atom. The Bertz CT molecular complexity index is 416. The van der Waals surface area contributed by atoms with E-state index in [9.17, 15) is 0 Å². The lowest BCUT2D eigenvalue weighted by Crippen LogP contribution is -2.30. The summed E-state index contributed by atoms with van der Waals surface area (Å²) in [5.41, 5.74) is 3.11. The minimum atomic E-state index is -0.234. The largest absolute Gasteiger partial charge is 0.367 e. The Morgan fingerprint density at radius 2 is 1.74 bits per heavy atom. The van der Waals surface area contributed by atoms with Crippen LogP contribution in [0.1, 0.15) is 55.4 Å².